The summed E-state index contributed by atoms with van der Waals surface area (Å²) in [6.07, 6.45) is 29.8. The summed E-state index contributed by atoms with van der Waals surface area (Å²) >= 11 is 0. The van der Waals surface area contributed by atoms with Gasteiger partial charge < -0.3 is 29.1 Å². The lowest BCUT2D eigenvalue weighted by Crippen LogP contribution is -2.37. The minimum absolute atomic E-state index is 0.00495. The minimum atomic E-state index is -4.41. The van der Waals surface area contributed by atoms with Crippen molar-refractivity contribution in [3.8, 4) is 0 Å². The van der Waals surface area contributed by atoms with Crippen molar-refractivity contribution in [1.29, 1.82) is 0 Å². The van der Waals surface area contributed by atoms with Crippen LogP contribution < -0.4 is 0 Å². The second-order valence-electron chi connectivity index (χ2n) is 16.2. The van der Waals surface area contributed by atoms with Crippen molar-refractivity contribution in [3.05, 3.63) is 29.3 Å². The van der Waals surface area contributed by atoms with Crippen molar-refractivity contribution in [1.82, 2.24) is 0 Å². The Morgan fingerprint density at radius 3 is 1.68 bits per heavy atom. The minimum Gasteiger partial charge on any atom is -0.462 e. The third kappa shape index (κ3) is 31.0. The molecule has 0 saturated carbocycles. The van der Waals surface area contributed by atoms with Gasteiger partial charge in [0.1, 0.15) is 25.3 Å². The number of allylic oxidation sites excluding steroid dienone is 3. The molecule has 57 heavy (non-hydrogen) atoms. The van der Waals surface area contributed by atoms with E-state index in [4.69, 9.17) is 28.8 Å². The van der Waals surface area contributed by atoms with E-state index in [2.05, 4.69) is 11.7 Å². The zero-order valence-electron chi connectivity index (χ0n) is 35.9. The first kappa shape index (κ1) is 52.4. The van der Waals surface area contributed by atoms with Crippen LogP contribution in [0.1, 0.15) is 167 Å². The Morgan fingerprint density at radius 2 is 1.18 bits per heavy atom. The highest BCUT2D eigenvalue weighted by Gasteiger charge is 2.27. The first-order chi connectivity index (χ1) is 27.4. The Kier molecular flexibility index (Phi) is 30.5. The predicted octanol–water partition coefficient (Wildman–Crippen LogP) is 9.76. The number of rotatable bonds is 38. The van der Waals surface area contributed by atoms with Gasteiger partial charge in [0.05, 0.1) is 34.4 Å². The number of nitrogens with zero attached hydrogens (tertiary/aromatic N) is 3. The van der Waals surface area contributed by atoms with Crippen molar-refractivity contribution in [3.63, 3.8) is 0 Å². The molecular formula is C43H77N3O10P+. The first-order valence-corrected chi connectivity index (χ1v) is 23.4. The van der Waals surface area contributed by atoms with Gasteiger partial charge in [-0.1, -0.05) is 141 Å². The maximum atomic E-state index is 12.7. The van der Waals surface area contributed by atoms with Crippen LogP contribution in [0.15, 0.2) is 23.8 Å². The van der Waals surface area contributed by atoms with Gasteiger partial charge in [-0.3, -0.25) is 18.6 Å². The largest absolute Gasteiger partial charge is 0.472 e. The van der Waals surface area contributed by atoms with Crippen LogP contribution in [-0.2, 0) is 42.2 Å². The molecule has 328 valence electrons. The van der Waals surface area contributed by atoms with Crippen LogP contribution in [0.2, 0.25) is 0 Å². The summed E-state index contributed by atoms with van der Waals surface area (Å²) in [4.78, 5) is 50.5. The zero-order chi connectivity index (χ0) is 42.0. The normalized spacial score (nSPS) is 14.2. The number of quaternary nitrogens is 1. The molecule has 1 aliphatic rings. The Morgan fingerprint density at radius 1 is 0.684 bits per heavy atom. The molecule has 0 aromatic rings. The summed E-state index contributed by atoms with van der Waals surface area (Å²) in [5.74, 6) is -1.38. The number of phosphoric acid groups is 1. The van der Waals surface area contributed by atoms with E-state index in [-0.39, 0.29) is 37.3 Å². The van der Waals surface area contributed by atoms with Crippen molar-refractivity contribution < 1.29 is 56.4 Å². The number of unbranched alkanes of at least 4 members (excludes halogenated alkanes) is 21. The maximum absolute atomic E-state index is 12.7. The molecule has 0 radical (unpaired) electrons. The monoisotopic (exact) mass is 827 g/mol. The smallest absolute Gasteiger partial charge is 0.462 e. The summed E-state index contributed by atoms with van der Waals surface area (Å²) in [6.45, 7) is 2.34. The van der Waals surface area contributed by atoms with Crippen LogP contribution >= 0.6 is 7.82 Å². The molecule has 0 amide bonds. The lowest BCUT2D eigenvalue weighted by Gasteiger charge is -2.24. The Hall–Kier alpha value is -2.66. The van der Waals surface area contributed by atoms with Gasteiger partial charge in [-0.25, -0.2) is 9.36 Å². The average Bonchev–Trinajstić information content (AvgIpc) is 3.65. The van der Waals surface area contributed by atoms with Crippen LogP contribution in [0.3, 0.4) is 0 Å². The SMILES string of the molecule is CCCCCCCCCCCCCCCCCC(=O)OC[C@@H](COP(=O)(O)OCC[N+](C)(C)C)OC(=O)CCCCCCCCCCOC(=O)C1=CC=CC1=[N+]=[N-]. The fourth-order valence-corrected chi connectivity index (χ4v) is 6.99. The molecule has 0 aromatic heterocycles. The third-order valence-electron chi connectivity index (χ3n) is 9.78. The fourth-order valence-electron chi connectivity index (χ4n) is 6.25. The van der Waals surface area contributed by atoms with E-state index in [1.54, 1.807) is 12.2 Å². The van der Waals surface area contributed by atoms with Crippen molar-refractivity contribution >= 4 is 31.4 Å². The lowest BCUT2D eigenvalue weighted by atomic mass is 10.0. The highest BCUT2D eigenvalue weighted by molar-refractivity contribution is 7.47. The highest BCUT2D eigenvalue weighted by atomic mass is 31.2. The molecular weight excluding hydrogens is 749 g/mol. The molecule has 0 spiro atoms. The second kappa shape index (κ2) is 33.2. The quantitative estimate of drug-likeness (QED) is 0.0120. The molecule has 1 rings (SSSR count). The molecule has 0 bridgehead atoms. The van der Waals surface area contributed by atoms with Crippen molar-refractivity contribution in [2.24, 2.45) is 0 Å². The molecule has 0 heterocycles. The summed E-state index contributed by atoms with van der Waals surface area (Å²) in [6, 6.07) is 0. The van der Waals surface area contributed by atoms with Crippen LogP contribution in [0.4, 0.5) is 0 Å². The molecule has 0 aromatic carbocycles. The topological polar surface area (TPSA) is 171 Å². The van der Waals surface area contributed by atoms with Crippen LogP contribution in [-0.4, -0.2) is 98.0 Å². The number of carbonyl (C=O) groups is 3. The molecule has 1 aliphatic carbocycles. The predicted molar refractivity (Wildman–Crippen MR) is 223 cm³/mol. The van der Waals surface area contributed by atoms with Gasteiger partial charge in [-0.05, 0) is 25.3 Å². The molecule has 2 atom stereocenters. The van der Waals surface area contributed by atoms with E-state index >= 15 is 0 Å². The summed E-state index contributed by atoms with van der Waals surface area (Å²) in [7, 11) is 1.38. The van der Waals surface area contributed by atoms with Crippen LogP contribution in [0.25, 0.3) is 5.53 Å². The van der Waals surface area contributed by atoms with Gasteiger partial charge in [0.25, 0.3) is 0 Å². The van der Waals surface area contributed by atoms with Gasteiger partial charge >= 0.3 is 31.4 Å². The highest BCUT2D eigenvalue weighted by Crippen LogP contribution is 2.43. The Balaban J connectivity index is 2.27. The fraction of sp³-hybridized carbons (Fsp3) is 0.814. The van der Waals surface area contributed by atoms with Gasteiger partial charge in [-0.15, -0.1) is 0 Å². The number of hydrogen-bond acceptors (Lipinski definition) is 9. The number of ether oxygens (including phenoxy) is 3. The molecule has 1 N–H and O–H groups in total. The van der Waals surface area contributed by atoms with E-state index in [0.29, 0.717) is 24.1 Å². The first-order valence-electron chi connectivity index (χ1n) is 21.9. The van der Waals surface area contributed by atoms with E-state index in [9.17, 15) is 23.8 Å². The van der Waals surface area contributed by atoms with Crippen LogP contribution in [0.5, 0.6) is 0 Å². The summed E-state index contributed by atoms with van der Waals surface area (Å²) in [5, 5.41) is 0. The molecule has 0 aliphatic heterocycles. The van der Waals surface area contributed by atoms with Crippen LogP contribution in [0, 0.1) is 0 Å². The molecule has 0 saturated heterocycles. The molecule has 14 heteroatoms. The summed E-state index contributed by atoms with van der Waals surface area (Å²) in [5.41, 5.74) is 9.37. The second-order valence-corrected chi connectivity index (χ2v) is 17.7. The average molecular weight is 827 g/mol. The van der Waals surface area contributed by atoms with E-state index in [1.807, 2.05) is 21.1 Å². The van der Waals surface area contributed by atoms with E-state index in [1.165, 1.54) is 83.1 Å². The summed E-state index contributed by atoms with van der Waals surface area (Å²) < 4.78 is 39.5. The third-order valence-corrected chi connectivity index (χ3v) is 10.8. The van der Waals surface area contributed by atoms with E-state index in [0.717, 1.165) is 64.2 Å². The van der Waals surface area contributed by atoms with Gasteiger partial charge in [0.2, 0.25) is 0 Å². The standard InChI is InChI=1S/C43H76N3O10P/c1-5-6-7-8-9-10-11-12-13-14-15-16-19-22-25-31-41(47)53-36-38(37-55-57(50,51)54-35-33-46(2,3)4)56-42(48)32-26-23-20-17-18-21-24-27-34-52-43(49)39-29-28-30-40(39)45-44/h28-30,38H,5-27,31-37H2,1-4H3/p+1/t38-/m0/s1. The number of hydrogen-bond donors (Lipinski definition) is 1. The van der Waals surface area contributed by atoms with Gasteiger partial charge in [0, 0.05) is 18.9 Å². The number of carbonyl (C=O) groups excluding carboxylic acids is 3. The number of likely N-dealkylation sites (N-methyl/N-ethyl adjacent to an activating group) is 1. The van der Waals surface area contributed by atoms with Crippen molar-refractivity contribution in [2.45, 2.75) is 174 Å². The number of esters is 3. The van der Waals surface area contributed by atoms with E-state index < -0.39 is 38.4 Å². The maximum Gasteiger partial charge on any atom is 0.472 e. The van der Waals surface area contributed by atoms with Gasteiger partial charge in [0.15, 0.2) is 6.10 Å². The molecule has 13 nitrogen and oxygen atoms in total. The van der Waals surface area contributed by atoms with Gasteiger partial charge in [-0.2, -0.15) is 4.79 Å². The molecule has 0 fully saturated rings. The number of phosphoric ester groups is 1. The zero-order valence-corrected chi connectivity index (χ0v) is 36.8. The van der Waals surface area contributed by atoms with Crippen molar-refractivity contribution in [2.75, 3.05) is 54.1 Å². The lowest BCUT2D eigenvalue weighted by molar-refractivity contribution is -0.870. The Bertz CT molecular complexity index is 1280. The Labute approximate surface area is 344 Å². The molecule has 1 unspecified atom stereocenters.